The van der Waals surface area contributed by atoms with E-state index in [1.165, 1.54) is 12.1 Å². The van der Waals surface area contributed by atoms with Gasteiger partial charge in [-0.05, 0) is 18.6 Å². The molecule has 0 saturated carbocycles. The van der Waals surface area contributed by atoms with E-state index in [1.54, 1.807) is 6.07 Å². The summed E-state index contributed by atoms with van der Waals surface area (Å²) in [4.78, 5) is 0. The summed E-state index contributed by atoms with van der Waals surface area (Å²) in [5.74, 6) is 6.17. The number of aliphatic hydroxyl groups excluding tert-OH is 1. The maximum absolute atomic E-state index is 13.2. The van der Waals surface area contributed by atoms with Gasteiger partial charge in [-0.1, -0.05) is 11.8 Å². The summed E-state index contributed by atoms with van der Waals surface area (Å²) < 4.78 is 24.2. The molecule has 1 heterocycles. The molecule has 2 rings (SSSR count). The molecule has 1 unspecified atom stereocenters. The normalized spacial score (nSPS) is 17.9. The lowest BCUT2D eigenvalue weighted by Gasteiger charge is -2.11. The van der Waals surface area contributed by atoms with Crippen molar-refractivity contribution in [2.45, 2.75) is 12.8 Å². The van der Waals surface area contributed by atoms with E-state index in [9.17, 15) is 4.39 Å². The Balaban J connectivity index is 2.04. The van der Waals surface area contributed by atoms with Gasteiger partial charge in [0.05, 0.1) is 25.4 Å². The van der Waals surface area contributed by atoms with Gasteiger partial charge in [0.15, 0.2) is 0 Å². The van der Waals surface area contributed by atoms with E-state index in [4.69, 9.17) is 14.6 Å². The van der Waals surface area contributed by atoms with Crippen LogP contribution in [0.15, 0.2) is 18.2 Å². The van der Waals surface area contributed by atoms with E-state index in [0.29, 0.717) is 36.9 Å². The number of halogens is 1. The van der Waals surface area contributed by atoms with Gasteiger partial charge >= 0.3 is 0 Å². The molecule has 1 aliphatic heterocycles. The minimum Gasteiger partial charge on any atom is -0.492 e. The molecule has 3 nitrogen and oxygen atoms in total. The van der Waals surface area contributed by atoms with E-state index < -0.39 is 0 Å². The van der Waals surface area contributed by atoms with E-state index in [-0.39, 0.29) is 12.4 Å². The lowest BCUT2D eigenvalue weighted by Crippen LogP contribution is -2.12. The lowest BCUT2D eigenvalue weighted by atomic mass is 10.1. The molecule has 1 saturated heterocycles. The van der Waals surface area contributed by atoms with Crippen LogP contribution in [0, 0.1) is 23.6 Å². The predicted molar refractivity (Wildman–Crippen MR) is 69.4 cm³/mol. The van der Waals surface area contributed by atoms with Gasteiger partial charge in [0.25, 0.3) is 0 Å². The summed E-state index contributed by atoms with van der Waals surface area (Å²) in [6, 6.07) is 4.30. The van der Waals surface area contributed by atoms with Crippen molar-refractivity contribution < 1.29 is 19.0 Å². The number of rotatable bonds is 4. The minimum absolute atomic E-state index is 0.0177. The molecular formula is C15H17FO3. The van der Waals surface area contributed by atoms with Crippen molar-refractivity contribution in [2.75, 3.05) is 26.4 Å². The smallest absolute Gasteiger partial charge is 0.137 e. The van der Waals surface area contributed by atoms with E-state index in [1.807, 2.05) is 0 Å². The van der Waals surface area contributed by atoms with Crippen LogP contribution in [0.4, 0.5) is 4.39 Å². The Morgan fingerprint density at radius 3 is 3.11 bits per heavy atom. The zero-order valence-corrected chi connectivity index (χ0v) is 10.7. The molecule has 102 valence electrons. The lowest BCUT2D eigenvalue weighted by molar-refractivity contribution is 0.167. The van der Waals surface area contributed by atoms with Crippen LogP contribution >= 0.6 is 0 Å². The fraction of sp³-hybridized carbons (Fsp3) is 0.467. The SMILES string of the molecule is OCCC#Cc1ccc(F)cc1OCC1CCOC1. The fourth-order valence-electron chi connectivity index (χ4n) is 1.85. The van der Waals surface area contributed by atoms with Crippen molar-refractivity contribution in [3.8, 4) is 17.6 Å². The maximum atomic E-state index is 13.2. The highest BCUT2D eigenvalue weighted by Crippen LogP contribution is 2.21. The molecule has 19 heavy (non-hydrogen) atoms. The molecule has 1 atom stereocenters. The summed E-state index contributed by atoms with van der Waals surface area (Å²) in [5.41, 5.74) is 0.647. The predicted octanol–water partition coefficient (Wildman–Crippen LogP) is 1.97. The summed E-state index contributed by atoms with van der Waals surface area (Å²) in [5, 5.41) is 8.70. The molecular weight excluding hydrogens is 247 g/mol. The van der Waals surface area contributed by atoms with Crippen molar-refractivity contribution in [3.05, 3.63) is 29.6 Å². The second kappa shape index (κ2) is 7.13. The molecule has 1 aliphatic rings. The van der Waals surface area contributed by atoms with E-state index >= 15 is 0 Å². The van der Waals surface area contributed by atoms with Crippen LogP contribution in [0.5, 0.6) is 5.75 Å². The average Bonchev–Trinajstić information content (AvgIpc) is 2.92. The monoisotopic (exact) mass is 264 g/mol. The molecule has 1 fully saturated rings. The Hall–Kier alpha value is -1.57. The average molecular weight is 264 g/mol. The van der Waals surface area contributed by atoms with Gasteiger partial charge in [0.1, 0.15) is 11.6 Å². The third kappa shape index (κ3) is 4.23. The molecule has 0 spiro atoms. The number of ether oxygens (including phenoxy) is 2. The van der Waals surface area contributed by atoms with Gasteiger partial charge in [-0.15, -0.1) is 0 Å². The van der Waals surface area contributed by atoms with Gasteiger partial charge in [-0.25, -0.2) is 4.39 Å². The highest BCUT2D eigenvalue weighted by atomic mass is 19.1. The number of hydrogen-bond acceptors (Lipinski definition) is 3. The highest BCUT2D eigenvalue weighted by molar-refractivity contribution is 5.46. The third-order valence-corrected chi connectivity index (χ3v) is 2.90. The Kier molecular flexibility index (Phi) is 5.20. The summed E-state index contributed by atoms with van der Waals surface area (Å²) in [7, 11) is 0. The topological polar surface area (TPSA) is 38.7 Å². The molecule has 4 heteroatoms. The highest BCUT2D eigenvalue weighted by Gasteiger charge is 2.16. The summed E-state index contributed by atoms with van der Waals surface area (Å²) in [6.07, 6.45) is 1.37. The zero-order chi connectivity index (χ0) is 13.5. The minimum atomic E-state index is -0.342. The standard InChI is InChI=1S/C15H17FO3/c16-14-5-4-13(3-1-2-7-17)15(9-14)19-11-12-6-8-18-10-12/h4-5,9,12,17H,2,6-8,10-11H2. The third-order valence-electron chi connectivity index (χ3n) is 2.90. The molecule has 1 aromatic carbocycles. The van der Waals surface area contributed by atoms with Gasteiger partial charge in [0, 0.05) is 25.0 Å². The second-order valence-electron chi connectivity index (χ2n) is 4.46. The van der Waals surface area contributed by atoms with Crippen molar-refractivity contribution in [1.29, 1.82) is 0 Å². The van der Waals surface area contributed by atoms with Crippen LogP contribution in [0.25, 0.3) is 0 Å². The van der Waals surface area contributed by atoms with Crippen LogP contribution in [-0.4, -0.2) is 31.5 Å². The molecule has 0 aliphatic carbocycles. The molecule has 1 aromatic rings. The van der Waals surface area contributed by atoms with Gasteiger partial charge < -0.3 is 14.6 Å². The van der Waals surface area contributed by atoms with Crippen molar-refractivity contribution in [2.24, 2.45) is 5.92 Å². The number of hydrogen-bond donors (Lipinski definition) is 1. The molecule has 0 amide bonds. The van der Waals surface area contributed by atoms with Gasteiger partial charge in [-0.3, -0.25) is 0 Å². The number of aliphatic hydroxyl groups is 1. The van der Waals surface area contributed by atoms with Crippen LogP contribution < -0.4 is 4.74 Å². The van der Waals surface area contributed by atoms with Crippen LogP contribution in [0.3, 0.4) is 0 Å². The van der Waals surface area contributed by atoms with E-state index in [2.05, 4.69) is 11.8 Å². The largest absolute Gasteiger partial charge is 0.492 e. The molecule has 0 bridgehead atoms. The maximum Gasteiger partial charge on any atom is 0.137 e. The van der Waals surface area contributed by atoms with Gasteiger partial charge in [-0.2, -0.15) is 0 Å². The number of benzene rings is 1. The molecule has 0 radical (unpaired) electrons. The Morgan fingerprint density at radius 1 is 1.47 bits per heavy atom. The Labute approximate surface area is 112 Å². The summed E-state index contributed by atoms with van der Waals surface area (Å²) >= 11 is 0. The van der Waals surface area contributed by atoms with Crippen LogP contribution in [0.1, 0.15) is 18.4 Å². The first kappa shape index (κ1) is 13.9. The van der Waals surface area contributed by atoms with E-state index in [0.717, 1.165) is 13.0 Å². The Bertz CT molecular complexity index is 470. The van der Waals surface area contributed by atoms with Crippen LogP contribution in [-0.2, 0) is 4.74 Å². The van der Waals surface area contributed by atoms with Crippen molar-refractivity contribution in [3.63, 3.8) is 0 Å². The van der Waals surface area contributed by atoms with Crippen molar-refractivity contribution >= 4 is 0 Å². The second-order valence-corrected chi connectivity index (χ2v) is 4.46. The first-order valence-corrected chi connectivity index (χ1v) is 6.39. The molecule has 0 aromatic heterocycles. The Morgan fingerprint density at radius 2 is 2.37 bits per heavy atom. The van der Waals surface area contributed by atoms with Crippen LogP contribution in [0.2, 0.25) is 0 Å². The quantitative estimate of drug-likeness (QED) is 0.845. The summed E-state index contributed by atoms with van der Waals surface area (Å²) in [6.45, 7) is 1.99. The van der Waals surface area contributed by atoms with Gasteiger partial charge in [0.2, 0.25) is 0 Å². The molecule has 1 N–H and O–H groups in total. The first-order chi connectivity index (χ1) is 9.29. The first-order valence-electron chi connectivity index (χ1n) is 6.39. The van der Waals surface area contributed by atoms with Crippen molar-refractivity contribution in [1.82, 2.24) is 0 Å². The fourth-order valence-corrected chi connectivity index (χ4v) is 1.85. The zero-order valence-electron chi connectivity index (χ0n) is 10.7.